The predicted molar refractivity (Wildman–Crippen MR) is 155 cm³/mol. The summed E-state index contributed by atoms with van der Waals surface area (Å²) in [7, 11) is 3.37. The molecule has 0 spiro atoms. The van der Waals surface area contributed by atoms with Gasteiger partial charge in [-0.2, -0.15) is 0 Å². The fraction of sp³-hybridized carbons (Fsp3) is 0.312. The molecule has 1 N–H and O–H groups in total. The number of hydrogen-bond donors (Lipinski definition) is 1. The molecule has 3 heterocycles. The number of ether oxygens (including phenoxy) is 2. The highest BCUT2D eigenvalue weighted by molar-refractivity contribution is 5.95. The highest BCUT2D eigenvalue weighted by Gasteiger charge is 2.25. The predicted octanol–water partition coefficient (Wildman–Crippen LogP) is 7.74. The van der Waals surface area contributed by atoms with Crippen LogP contribution in [0.5, 0.6) is 11.5 Å². The van der Waals surface area contributed by atoms with Crippen molar-refractivity contribution in [3.63, 3.8) is 0 Å². The van der Waals surface area contributed by atoms with E-state index in [2.05, 4.69) is 23.8 Å². The number of furan rings is 1. The van der Waals surface area contributed by atoms with Crippen molar-refractivity contribution < 1.29 is 18.3 Å². The van der Waals surface area contributed by atoms with E-state index in [4.69, 9.17) is 13.9 Å². The number of H-pyrrole nitrogens is 1. The van der Waals surface area contributed by atoms with E-state index in [-0.39, 0.29) is 17.3 Å². The average Bonchev–Trinajstić information content (AvgIpc) is 3.57. The lowest BCUT2D eigenvalue weighted by atomic mass is 9.93. The molecule has 0 unspecified atom stereocenters. The first-order valence-electron chi connectivity index (χ1n) is 13.2. The van der Waals surface area contributed by atoms with Crippen molar-refractivity contribution in [1.29, 1.82) is 0 Å². The van der Waals surface area contributed by atoms with E-state index in [1.807, 2.05) is 45.9 Å². The number of fused-ring (bicyclic) bond motifs is 1. The first-order valence-corrected chi connectivity index (χ1v) is 13.2. The molecule has 5 rings (SSSR count). The Hall–Kier alpha value is -4.17. The molecule has 0 radical (unpaired) electrons. The number of rotatable bonds is 7. The van der Waals surface area contributed by atoms with Crippen molar-refractivity contribution >= 4 is 11.0 Å². The first kappa shape index (κ1) is 27.4. The van der Waals surface area contributed by atoms with Gasteiger partial charge in [0.05, 0.1) is 17.2 Å². The zero-order chi connectivity index (χ0) is 28.9. The van der Waals surface area contributed by atoms with Crippen LogP contribution in [-0.2, 0) is 17.4 Å². The Bertz CT molecular complexity index is 1770. The molecule has 0 aliphatic carbocycles. The highest BCUT2D eigenvalue weighted by atomic mass is 19.1. The molecule has 2 aromatic carbocycles. The maximum absolute atomic E-state index is 14.0. The standard InChI is InChI=1S/C32H34FN3O4/c1-17(2)30-34-15-25(35-30)27-14-23-29(40-27)24(16-36(7)31(23)37)22-13-20(32(5,6)38-8)9-10-26(22)39-28-18(3)11-21(33)12-19(28)4/h9-17H,1-8H3,(H,34,35). The fourth-order valence-corrected chi connectivity index (χ4v) is 4.82. The van der Waals surface area contributed by atoms with Gasteiger partial charge in [0.25, 0.3) is 5.56 Å². The maximum Gasteiger partial charge on any atom is 0.261 e. The van der Waals surface area contributed by atoms with Gasteiger partial charge in [-0.1, -0.05) is 19.9 Å². The largest absolute Gasteiger partial charge is 0.456 e. The summed E-state index contributed by atoms with van der Waals surface area (Å²) in [6.07, 6.45) is 3.47. The summed E-state index contributed by atoms with van der Waals surface area (Å²) in [4.78, 5) is 21.0. The summed E-state index contributed by atoms with van der Waals surface area (Å²) >= 11 is 0. The number of methoxy groups -OCH3 is 1. The summed E-state index contributed by atoms with van der Waals surface area (Å²) in [6.45, 7) is 11.7. The monoisotopic (exact) mass is 543 g/mol. The first-order chi connectivity index (χ1) is 18.9. The molecule has 40 heavy (non-hydrogen) atoms. The van der Waals surface area contributed by atoms with Gasteiger partial charge in [0.15, 0.2) is 5.76 Å². The second kappa shape index (κ2) is 10.1. The van der Waals surface area contributed by atoms with Crippen molar-refractivity contribution in [3.8, 4) is 34.1 Å². The lowest BCUT2D eigenvalue weighted by Gasteiger charge is -2.25. The number of imidazole rings is 1. The van der Waals surface area contributed by atoms with E-state index in [0.29, 0.717) is 56.2 Å². The van der Waals surface area contributed by atoms with Gasteiger partial charge >= 0.3 is 0 Å². The van der Waals surface area contributed by atoms with Gasteiger partial charge in [0, 0.05) is 37.4 Å². The van der Waals surface area contributed by atoms with Crippen molar-refractivity contribution in [2.45, 2.75) is 53.1 Å². The average molecular weight is 544 g/mol. The van der Waals surface area contributed by atoms with Crippen LogP contribution in [0, 0.1) is 19.7 Å². The van der Waals surface area contributed by atoms with Crippen LogP contribution >= 0.6 is 0 Å². The zero-order valence-corrected chi connectivity index (χ0v) is 24.1. The Morgan fingerprint density at radius 2 is 1.77 bits per heavy atom. The van der Waals surface area contributed by atoms with Gasteiger partial charge in [-0.15, -0.1) is 0 Å². The molecule has 5 aromatic rings. The lowest BCUT2D eigenvalue weighted by molar-refractivity contribution is 0.0192. The summed E-state index contributed by atoms with van der Waals surface area (Å²) in [5.74, 6) is 2.35. The molecule has 0 fully saturated rings. The fourth-order valence-electron chi connectivity index (χ4n) is 4.82. The second-order valence-corrected chi connectivity index (χ2v) is 11.0. The molecular weight excluding hydrogens is 509 g/mol. The molecule has 0 aliphatic rings. The normalized spacial score (nSPS) is 12.1. The number of hydrogen-bond acceptors (Lipinski definition) is 5. The molecule has 8 heteroatoms. The van der Waals surface area contributed by atoms with E-state index in [1.54, 1.807) is 32.6 Å². The van der Waals surface area contributed by atoms with Crippen LogP contribution in [-0.4, -0.2) is 21.6 Å². The summed E-state index contributed by atoms with van der Waals surface area (Å²) in [6, 6.07) is 10.4. The number of pyridine rings is 1. The lowest BCUT2D eigenvalue weighted by Crippen LogP contribution is -2.19. The smallest absolute Gasteiger partial charge is 0.261 e. The van der Waals surface area contributed by atoms with Crippen LogP contribution in [0.2, 0.25) is 0 Å². The van der Waals surface area contributed by atoms with Crippen LogP contribution in [0.1, 0.15) is 56.1 Å². The molecule has 0 saturated carbocycles. The van der Waals surface area contributed by atoms with Gasteiger partial charge in [-0.25, -0.2) is 9.37 Å². The number of aromatic nitrogens is 3. The molecule has 0 saturated heterocycles. The van der Waals surface area contributed by atoms with Gasteiger partial charge in [0.1, 0.15) is 34.4 Å². The van der Waals surface area contributed by atoms with Crippen LogP contribution in [0.4, 0.5) is 4.39 Å². The van der Waals surface area contributed by atoms with Crippen LogP contribution in [0.15, 0.2) is 58.0 Å². The minimum absolute atomic E-state index is 0.182. The highest BCUT2D eigenvalue weighted by Crippen LogP contribution is 2.42. The molecule has 0 bridgehead atoms. The number of nitrogens with one attached hydrogen (secondary N) is 1. The van der Waals surface area contributed by atoms with E-state index < -0.39 is 5.60 Å². The van der Waals surface area contributed by atoms with Crippen molar-refractivity contribution in [1.82, 2.24) is 14.5 Å². The van der Waals surface area contributed by atoms with Gasteiger partial charge in [-0.3, -0.25) is 4.79 Å². The SMILES string of the molecule is COC(C)(C)c1ccc(Oc2c(C)cc(F)cc2C)c(-c2cn(C)c(=O)c3cc(-c4cnc(C(C)C)[nH]4)oc23)c1. The second-order valence-electron chi connectivity index (χ2n) is 11.0. The minimum Gasteiger partial charge on any atom is -0.456 e. The van der Waals surface area contributed by atoms with Crippen LogP contribution in [0.3, 0.4) is 0 Å². The Labute approximate surface area is 232 Å². The quantitative estimate of drug-likeness (QED) is 0.227. The van der Waals surface area contributed by atoms with Gasteiger partial charge < -0.3 is 23.4 Å². The molecule has 0 amide bonds. The van der Waals surface area contributed by atoms with Crippen molar-refractivity contribution in [3.05, 3.63) is 87.5 Å². The summed E-state index contributed by atoms with van der Waals surface area (Å²) < 4.78 is 34.2. The Morgan fingerprint density at radius 3 is 2.40 bits per heavy atom. The molecule has 7 nitrogen and oxygen atoms in total. The third-order valence-corrected chi connectivity index (χ3v) is 7.37. The van der Waals surface area contributed by atoms with Crippen LogP contribution < -0.4 is 10.3 Å². The summed E-state index contributed by atoms with van der Waals surface area (Å²) in [5.41, 5.74) is 4.00. The van der Waals surface area contributed by atoms with E-state index in [0.717, 1.165) is 11.4 Å². The third-order valence-electron chi connectivity index (χ3n) is 7.37. The Kier molecular flexibility index (Phi) is 6.92. The minimum atomic E-state index is -0.591. The number of benzene rings is 2. The number of nitrogens with zero attached hydrogens (tertiary/aromatic N) is 2. The van der Waals surface area contributed by atoms with E-state index >= 15 is 0 Å². The third kappa shape index (κ3) is 4.84. The van der Waals surface area contributed by atoms with Crippen LogP contribution in [0.25, 0.3) is 33.6 Å². The number of halogens is 1. The van der Waals surface area contributed by atoms with Gasteiger partial charge in [0.2, 0.25) is 0 Å². The number of aryl methyl sites for hydroxylation is 3. The summed E-state index contributed by atoms with van der Waals surface area (Å²) in [5, 5.41) is 0.437. The maximum atomic E-state index is 14.0. The molecule has 0 atom stereocenters. The Morgan fingerprint density at radius 1 is 1.07 bits per heavy atom. The number of aromatic amines is 1. The van der Waals surface area contributed by atoms with E-state index in [9.17, 15) is 9.18 Å². The van der Waals surface area contributed by atoms with E-state index in [1.165, 1.54) is 16.7 Å². The Balaban J connectivity index is 1.76. The van der Waals surface area contributed by atoms with Gasteiger partial charge in [-0.05, 0) is 74.7 Å². The molecule has 3 aromatic heterocycles. The molecule has 0 aliphatic heterocycles. The molecular formula is C32H34FN3O4. The van der Waals surface area contributed by atoms with Crippen molar-refractivity contribution in [2.24, 2.45) is 7.05 Å². The zero-order valence-electron chi connectivity index (χ0n) is 24.1. The van der Waals surface area contributed by atoms with Crippen molar-refractivity contribution in [2.75, 3.05) is 7.11 Å². The molecule has 208 valence electrons. The topological polar surface area (TPSA) is 82.3 Å².